The minimum atomic E-state index is -4.85. The second-order valence-electron chi connectivity index (χ2n) is 9.03. The third-order valence-corrected chi connectivity index (χ3v) is 6.35. The molecule has 3 N–H and O–H groups in total. The summed E-state index contributed by atoms with van der Waals surface area (Å²) in [5, 5.41) is 11.0. The van der Waals surface area contributed by atoms with Crippen LogP contribution in [0.25, 0.3) is 0 Å². The van der Waals surface area contributed by atoms with Crippen LogP contribution in [0.4, 0.5) is 13.2 Å². The average molecular weight is 449 g/mol. The van der Waals surface area contributed by atoms with Crippen molar-refractivity contribution in [1.29, 1.82) is 0 Å². The number of nitrogens with two attached hydrogens (primary N) is 1. The largest absolute Gasteiger partial charge is 0.493 e. The number of nitrogens with zero attached hydrogens (tertiary/aromatic N) is 1. The zero-order valence-corrected chi connectivity index (χ0v) is 18.8. The van der Waals surface area contributed by atoms with Crippen molar-refractivity contribution in [3.63, 3.8) is 0 Å². The van der Waals surface area contributed by atoms with Crippen LogP contribution in [0.2, 0.25) is 0 Å². The fourth-order valence-corrected chi connectivity index (χ4v) is 4.47. The highest BCUT2D eigenvalue weighted by molar-refractivity contribution is 5.64. The predicted octanol–water partition coefficient (Wildman–Crippen LogP) is 5.43. The molecule has 0 amide bonds. The van der Waals surface area contributed by atoms with Crippen molar-refractivity contribution in [1.82, 2.24) is 0 Å². The van der Waals surface area contributed by atoms with Crippen LogP contribution in [0.15, 0.2) is 52.8 Å². The number of fused-ring (bicyclic) bond motifs is 1. The van der Waals surface area contributed by atoms with Gasteiger partial charge in [-0.2, -0.15) is 13.2 Å². The Morgan fingerprint density at radius 1 is 1.31 bits per heavy atom. The molecule has 2 aliphatic rings. The number of aryl methyl sites for hydroxylation is 1. The molecule has 0 aromatic heterocycles. The van der Waals surface area contributed by atoms with Gasteiger partial charge in [-0.1, -0.05) is 37.6 Å². The highest BCUT2D eigenvalue weighted by Crippen LogP contribution is 2.49. The van der Waals surface area contributed by atoms with Crippen LogP contribution in [-0.4, -0.2) is 29.7 Å². The van der Waals surface area contributed by atoms with Gasteiger partial charge < -0.3 is 15.6 Å². The number of alkyl halides is 3. The number of allylic oxidation sites excluding steroid dienone is 4. The van der Waals surface area contributed by atoms with Crippen LogP contribution in [0.5, 0.6) is 5.75 Å². The first-order valence-corrected chi connectivity index (χ1v) is 10.9. The van der Waals surface area contributed by atoms with Gasteiger partial charge in [0, 0.05) is 42.9 Å². The molecular weight excluding hydrogens is 417 g/mol. The first-order chi connectivity index (χ1) is 15.0. The van der Waals surface area contributed by atoms with Crippen LogP contribution in [-0.2, 0) is 11.8 Å². The summed E-state index contributed by atoms with van der Waals surface area (Å²) in [6.45, 7) is 6.03. The molecule has 0 spiro atoms. The molecule has 3 rings (SSSR count). The molecule has 32 heavy (non-hydrogen) atoms. The fourth-order valence-electron chi connectivity index (χ4n) is 4.47. The highest BCUT2D eigenvalue weighted by Gasteiger charge is 2.56. The Morgan fingerprint density at radius 3 is 2.75 bits per heavy atom. The standard InChI is InChI=1S/C25H31F3N2O2/c1-4-23(3,21-13-17(2)12-19-8-11-32-22(19)21)16-24(31,25(26,27)28)15-20(29)14-18-6-5-9-30-10-7-18/h5-6,9-10,12-14,31H,4,7-8,11,15-16,29H2,1-3H3/b20-14-. The summed E-state index contributed by atoms with van der Waals surface area (Å²) in [4.78, 5) is 4.00. The lowest BCUT2D eigenvalue weighted by molar-refractivity contribution is -0.266. The molecule has 0 saturated heterocycles. The van der Waals surface area contributed by atoms with Gasteiger partial charge in [-0.15, -0.1) is 0 Å². The third kappa shape index (κ3) is 5.09. The number of halogens is 3. The van der Waals surface area contributed by atoms with E-state index in [1.54, 1.807) is 31.5 Å². The Labute approximate surface area is 187 Å². The van der Waals surface area contributed by atoms with Gasteiger partial charge in [0.25, 0.3) is 0 Å². The Bertz CT molecular complexity index is 978. The van der Waals surface area contributed by atoms with E-state index in [2.05, 4.69) is 4.99 Å². The minimum absolute atomic E-state index is 0.0241. The number of hydrogen-bond acceptors (Lipinski definition) is 4. The SMILES string of the molecule is CCC(C)(CC(O)(C/C(N)=C/C1=CC=CN=CC1)C(F)(F)F)c1cc(C)cc2c1OCC2. The molecule has 0 fully saturated rings. The maximum absolute atomic E-state index is 14.2. The average Bonchev–Trinajstić information content (AvgIpc) is 3.01. The number of hydrogen-bond donors (Lipinski definition) is 2. The molecule has 2 unspecified atom stereocenters. The number of rotatable bonds is 7. The third-order valence-electron chi connectivity index (χ3n) is 6.35. The zero-order valence-electron chi connectivity index (χ0n) is 18.8. The van der Waals surface area contributed by atoms with E-state index in [9.17, 15) is 18.3 Å². The van der Waals surface area contributed by atoms with Gasteiger partial charge >= 0.3 is 6.18 Å². The van der Waals surface area contributed by atoms with Crippen molar-refractivity contribution in [2.24, 2.45) is 10.7 Å². The molecule has 2 atom stereocenters. The Balaban J connectivity index is 1.96. The summed E-state index contributed by atoms with van der Waals surface area (Å²) in [6.07, 6.45) is 3.70. The van der Waals surface area contributed by atoms with E-state index < -0.39 is 30.0 Å². The molecule has 0 aliphatic carbocycles. The van der Waals surface area contributed by atoms with Gasteiger partial charge in [0.15, 0.2) is 5.60 Å². The lowest BCUT2D eigenvalue weighted by Crippen LogP contribution is -2.50. The molecule has 7 heteroatoms. The molecule has 174 valence electrons. The normalized spacial score (nSPS) is 20.1. The molecule has 0 radical (unpaired) electrons. The number of aliphatic imine (C=N–C) groups is 1. The summed E-state index contributed by atoms with van der Waals surface area (Å²) in [6, 6.07) is 3.89. The smallest absolute Gasteiger partial charge is 0.417 e. The molecular formula is C25H31F3N2O2. The first-order valence-electron chi connectivity index (χ1n) is 10.9. The quantitative estimate of drug-likeness (QED) is 0.585. The fraction of sp³-hybridized carbons (Fsp3) is 0.480. The van der Waals surface area contributed by atoms with Crippen molar-refractivity contribution < 1.29 is 23.0 Å². The Hall–Kier alpha value is -2.54. The van der Waals surface area contributed by atoms with Crippen LogP contribution >= 0.6 is 0 Å². The second-order valence-corrected chi connectivity index (χ2v) is 9.03. The Kier molecular flexibility index (Phi) is 6.89. The van der Waals surface area contributed by atoms with E-state index in [0.717, 1.165) is 23.1 Å². The Morgan fingerprint density at radius 2 is 2.06 bits per heavy atom. The summed E-state index contributed by atoms with van der Waals surface area (Å²) in [5.41, 5.74) is 5.47. The highest BCUT2D eigenvalue weighted by atomic mass is 19.4. The van der Waals surface area contributed by atoms with Crippen LogP contribution in [0.1, 0.15) is 56.2 Å². The van der Waals surface area contributed by atoms with Crippen LogP contribution in [0.3, 0.4) is 0 Å². The van der Waals surface area contributed by atoms with E-state index >= 15 is 0 Å². The molecule has 2 aliphatic heterocycles. The van der Waals surface area contributed by atoms with Gasteiger partial charge in [-0.3, -0.25) is 4.99 Å². The zero-order chi connectivity index (χ0) is 23.6. The molecule has 1 aromatic rings. The number of aliphatic hydroxyl groups is 1. The van der Waals surface area contributed by atoms with Gasteiger partial charge in [0.2, 0.25) is 0 Å². The lowest BCUT2D eigenvalue weighted by atomic mass is 9.69. The van der Waals surface area contributed by atoms with E-state index in [4.69, 9.17) is 10.5 Å². The summed E-state index contributed by atoms with van der Waals surface area (Å²) >= 11 is 0. The van der Waals surface area contributed by atoms with Crippen molar-refractivity contribution in [2.45, 2.75) is 70.1 Å². The van der Waals surface area contributed by atoms with E-state index in [1.807, 2.05) is 26.0 Å². The van der Waals surface area contributed by atoms with Gasteiger partial charge in [0.1, 0.15) is 5.75 Å². The second kappa shape index (κ2) is 9.14. The van der Waals surface area contributed by atoms with E-state index in [-0.39, 0.29) is 5.70 Å². The molecule has 2 heterocycles. The van der Waals surface area contributed by atoms with Crippen molar-refractivity contribution in [2.75, 3.05) is 6.61 Å². The topological polar surface area (TPSA) is 67.8 Å². The lowest BCUT2D eigenvalue weighted by Gasteiger charge is -2.40. The van der Waals surface area contributed by atoms with E-state index in [1.165, 1.54) is 6.08 Å². The van der Waals surface area contributed by atoms with Crippen molar-refractivity contribution in [3.05, 3.63) is 64.5 Å². The van der Waals surface area contributed by atoms with Gasteiger partial charge in [-0.25, -0.2) is 0 Å². The summed E-state index contributed by atoms with van der Waals surface area (Å²) in [5.74, 6) is 0.655. The van der Waals surface area contributed by atoms with Crippen molar-refractivity contribution >= 4 is 6.21 Å². The van der Waals surface area contributed by atoms with Crippen LogP contribution < -0.4 is 10.5 Å². The van der Waals surface area contributed by atoms with Crippen LogP contribution in [0, 0.1) is 6.92 Å². The minimum Gasteiger partial charge on any atom is -0.493 e. The molecule has 4 nitrogen and oxygen atoms in total. The monoisotopic (exact) mass is 448 g/mol. The molecule has 0 bridgehead atoms. The number of ether oxygens (including phenoxy) is 1. The molecule has 0 saturated carbocycles. The maximum atomic E-state index is 14.2. The predicted molar refractivity (Wildman–Crippen MR) is 121 cm³/mol. The summed E-state index contributed by atoms with van der Waals surface area (Å²) in [7, 11) is 0. The van der Waals surface area contributed by atoms with Gasteiger partial charge in [0.05, 0.1) is 6.61 Å². The maximum Gasteiger partial charge on any atom is 0.417 e. The van der Waals surface area contributed by atoms with Crippen molar-refractivity contribution in [3.8, 4) is 5.75 Å². The summed E-state index contributed by atoms with van der Waals surface area (Å²) < 4.78 is 48.5. The van der Waals surface area contributed by atoms with Gasteiger partial charge in [-0.05, 0) is 48.5 Å². The molecule has 1 aromatic carbocycles. The number of benzene rings is 1. The first kappa shape index (κ1) is 24.1. The van der Waals surface area contributed by atoms with E-state index in [0.29, 0.717) is 30.8 Å².